The summed E-state index contributed by atoms with van der Waals surface area (Å²) in [7, 11) is 0. The summed E-state index contributed by atoms with van der Waals surface area (Å²) in [5.41, 5.74) is 0. The average Bonchev–Trinajstić information content (AvgIpc) is 3.19. The fourth-order valence-corrected chi connectivity index (χ4v) is 4.89. The van der Waals surface area contributed by atoms with Gasteiger partial charge in [-0.25, -0.2) is 14.6 Å². The molecule has 3 atom stereocenters. The highest BCUT2D eigenvalue weighted by Crippen LogP contribution is 2.40. The van der Waals surface area contributed by atoms with Crippen molar-refractivity contribution in [2.24, 2.45) is 11.8 Å². The van der Waals surface area contributed by atoms with E-state index in [1.54, 1.807) is 12.6 Å². The van der Waals surface area contributed by atoms with Crippen molar-refractivity contribution in [3.8, 4) is 0 Å². The van der Waals surface area contributed by atoms with Crippen LogP contribution in [0, 0.1) is 11.8 Å². The summed E-state index contributed by atoms with van der Waals surface area (Å²) in [6, 6.07) is 5.44. The zero-order valence-corrected chi connectivity index (χ0v) is 20.7. The van der Waals surface area contributed by atoms with Gasteiger partial charge in [0, 0.05) is 31.7 Å². The molecule has 2 saturated heterocycles. The molecule has 0 spiro atoms. The Morgan fingerprint density at radius 1 is 1.03 bits per heavy atom. The molecule has 1 saturated carbocycles. The Morgan fingerprint density at radius 2 is 1.67 bits per heavy atom. The van der Waals surface area contributed by atoms with E-state index in [-0.39, 0.29) is 0 Å². The zero-order chi connectivity index (χ0) is 28.8. The summed E-state index contributed by atoms with van der Waals surface area (Å²) in [5.74, 6) is -2.71. The molecule has 10 nitrogen and oxygen atoms in total. The van der Waals surface area contributed by atoms with Gasteiger partial charge in [-0.3, -0.25) is 14.5 Å². The quantitative estimate of drug-likeness (QED) is 0.503. The maximum absolute atomic E-state index is 10.6. The maximum Gasteiger partial charge on any atom is 0.490 e. The van der Waals surface area contributed by atoms with E-state index in [0.29, 0.717) is 6.04 Å². The van der Waals surface area contributed by atoms with E-state index in [4.69, 9.17) is 24.2 Å². The standard InChI is InChI=1S/C19H27N5O.2C2HF3O2/c1-2-18(25-7-1)12-22-6-5-19-16(10-22)8-17(11-23-14-20-13-21-23)24(19)9-15-3-4-15;2*3-2(4,5)1(6)7/h1-2,7,13-17,19H,3-6,8-12H2;2*(H,6,7)/t16-,17+,19+;;/m1../s1. The molecule has 0 aromatic carbocycles. The molecule has 0 radical (unpaired) electrons. The molecule has 0 bridgehead atoms. The first-order chi connectivity index (χ1) is 18.2. The number of fused-ring (bicyclic) bond motifs is 1. The number of likely N-dealkylation sites (tertiary alicyclic amines) is 2. The predicted molar refractivity (Wildman–Crippen MR) is 121 cm³/mol. The Kier molecular flexibility index (Phi) is 9.98. The van der Waals surface area contributed by atoms with Gasteiger partial charge >= 0.3 is 24.3 Å². The fourth-order valence-electron chi connectivity index (χ4n) is 4.89. The van der Waals surface area contributed by atoms with Crippen LogP contribution in [0.2, 0.25) is 0 Å². The lowest BCUT2D eigenvalue weighted by atomic mass is 9.92. The number of alkyl halides is 6. The van der Waals surface area contributed by atoms with E-state index >= 15 is 0 Å². The number of hydrogen-bond donors (Lipinski definition) is 2. The molecular weight excluding hydrogens is 540 g/mol. The van der Waals surface area contributed by atoms with Crippen molar-refractivity contribution < 1.29 is 50.6 Å². The zero-order valence-electron chi connectivity index (χ0n) is 20.7. The molecule has 218 valence electrons. The summed E-state index contributed by atoms with van der Waals surface area (Å²) in [4.78, 5) is 27.3. The highest BCUT2D eigenvalue weighted by molar-refractivity contribution is 5.73. The number of aliphatic carboxylic acids is 2. The Bertz CT molecular complexity index is 1020. The van der Waals surface area contributed by atoms with E-state index in [0.717, 1.165) is 36.7 Å². The third kappa shape index (κ3) is 9.53. The number of aromatic nitrogens is 3. The second-order valence-corrected chi connectivity index (χ2v) is 9.68. The van der Waals surface area contributed by atoms with Gasteiger partial charge in [-0.1, -0.05) is 0 Å². The van der Waals surface area contributed by atoms with Gasteiger partial charge in [0.2, 0.25) is 0 Å². The number of piperidine rings is 1. The first-order valence-electron chi connectivity index (χ1n) is 12.2. The Morgan fingerprint density at radius 3 is 2.15 bits per heavy atom. The molecule has 0 unspecified atom stereocenters. The molecule has 2 aliphatic heterocycles. The molecule has 2 aromatic heterocycles. The lowest BCUT2D eigenvalue weighted by Gasteiger charge is -2.38. The largest absolute Gasteiger partial charge is 0.490 e. The summed E-state index contributed by atoms with van der Waals surface area (Å²) in [6.45, 7) is 5.60. The molecule has 16 heteroatoms. The number of carboxylic acids is 2. The Balaban J connectivity index is 0.000000251. The molecule has 2 aromatic rings. The average molecular weight is 570 g/mol. The molecule has 0 amide bonds. The monoisotopic (exact) mass is 569 g/mol. The Labute approximate surface area is 219 Å². The molecule has 3 aliphatic rings. The third-order valence-electron chi connectivity index (χ3n) is 6.72. The van der Waals surface area contributed by atoms with E-state index < -0.39 is 24.3 Å². The molecule has 5 rings (SSSR count). The van der Waals surface area contributed by atoms with Gasteiger partial charge in [0.1, 0.15) is 18.4 Å². The first-order valence-corrected chi connectivity index (χ1v) is 12.2. The van der Waals surface area contributed by atoms with Gasteiger partial charge < -0.3 is 14.6 Å². The number of carboxylic acid groups (broad SMARTS) is 2. The lowest BCUT2D eigenvalue weighted by molar-refractivity contribution is -0.193. The van der Waals surface area contributed by atoms with Crippen molar-refractivity contribution in [3.63, 3.8) is 0 Å². The number of rotatable bonds is 6. The van der Waals surface area contributed by atoms with E-state index in [9.17, 15) is 26.3 Å². The molecule has 2 N–H and O–H groups in total. The maximum atomic E-state index is 10.6. The van der Waals surface area contributed by atoms with Crippen molar-refractivity contribution in [2.75, 3.05) is 19.6 Å². The van der Waals surface area contributed by atoms with E-state index in [2.05, 4.69) is 25.9 Å². The highest BCUT2D eigenvalue weighted by atomic mass is 19.4. The van der Waals surface area contributed by atoms with Gasteiger partial charge in [0.05, 0.1) is 19.4 Å². The minimum atomic E-state index is -5.08. The smallest absolute Gasteiger partial charge is 0.475 e. The van der Waals surface area contributed by atoms with Crippen LogP contribution >= 0.6 is 0 Å². The number of nitrogens with zero attached hydrogens (tertiary/aromatic N) is 5. The van der Waals surface area contributed by atoms with Crippen molar-refractivity contribution >= 4 is 11.9 Å². The van der Waals surface area contributed by atoms with Gasteiger partial charge in [0.25, 0.3) is 0 Å². The van der Waals surface area contributed by atoms with Crippen LogP contribution in [0.15, 0.2) is 35.5 Å². The summed E-state index contributed by atoms with van der Waals surface area (Å²) in [6.07, 6.45) is 0.545. The number of furan rings is 1. The molecule has 4 heterocycles. The molecule has 1 aliphatic carbocycles. The SMILES string of the molecule is O=C(O)C(F)(F)F.O=C(O)C(F)(F)F.c1coc(CN2CC[C@H]3[C@H](C[C@@H](Cn4cncn4)N3CC3CC3)C2)c1. The van der Waals surface area contributed by atoms with Crippen LogP contribution in [0.1, 0.15) is 31.4 Å². The van der Waals surface area contributed by atoms with Gasteiger partial charge in [-0.05, 0) is 49.7 Å². The van der Waals surface area contributed by atoms with Gasteiger partial charge in [-0.15, -0.1) is 0 Å². The van der Waals surface area contributed by atoms with Crippen molar-refractivity contribution in [1.82, 2.24) is 24.6 Å². The van der Waals surface area contributed by atoms with Crippen LogP contribution in [0.25, 0.3) is 0 Å². The van der Waals surface area contributed by atoms with Gasteiger partial charge in [-0.2, -0.15) is 31.4 Å². The van der Waals surface area contributed by atoms with Crippen LogP contribution in [0.5, 0.6) is 0 Å². The van der Waals surface area contributed by atoms with E-state index in [1.807, 2.05) is 17.1 Å². The van der Waals surface area contributed by atoms with Crippen molar-refractivity contribution in [3.05, 3.63) is 36.8 Å². The van der Waals surface area contributed by atoms with Crippen LogP contribution < -0.4 is 0 Å². The summed E-state index contributed by atoms with van der Waals surface area (Å²) < 4.78 is 71.0. The van der Waals surface area contributed by atoms with E-state index in [1.165, 1.54) is 45.3 Å². The van der Waals surface area contributed by atoms with Crippen LogP contribution in [0.4, 0.5) is 26.3 Å². The number of hydrogen-bond acceptors (Lipinski definition) is 7. The molecule has 3 fully saturated rings. The molecule has 39 heavy (non-hydrogen) atoms. The van der Waals surface area contributed by atoms with Crippen LogP contribution in [-0.2, 0) is 22.7 Å². The highest BCUT2D eigenvalue weighted by Gasteiger charge is 2.45. The normalized spacial score (nSPS) is 23.7. The minimum absolute atomic E-state index is 0.612. The molecular formula is C23H29F6N5O5. The number of carbonyl (C=O) groups is 2. The number of halogens is 6. The summed E-state index contributed by atoms with van der Waals surface area (Å²) in [5, 5.41) is 18.6. The first kappa shape index (κ1) is 30.4. The topological polar surface area (TPSA) is 125 Å². The second kappa shape index (κ2) is 12.8. The predicted octanol–water partition coefficient (Wildman–Crippen LogP) is 3.51. The van der Waals surface area contributed by atoms with Crippen LogP contribution in [0.3, 0.4) is 0 Å². The second-order valence-electron chi connectivity index (χ2n) is 9.68. The third-order valence-corrected chi connectivity index (χ3v) is 6.72. The van der Waals surface area contributed by atoms with Gasteiger partial charge in [0.15, 0.2) is 0 Å². The lowest BCUT2D eigenvalue weighted by Crippen LogP contribution is -2.47. The summed E-state index contributed by atoms with van der Waals surface area (Å²) >= 11 is 0. The van der Waals surface area contributed by atoms with Crippen LogP contribution in [-0.4, -0.2) is 90.8 Å². The van der Waals surface area contributed by atoms with Crippen molar-refractivity contribution in [2.45, 2.75) is 63.2 Å². The fraction of sp³-hybridized carbons (Fsp3) is 0.652. The van der Waals surface area contributed by atoms with Crippen molar-refractivity contribution in [1.29, 1.82) is 0 Å². The minimum Gasteiger partial charge on any atom is -0.475 e. The Hall–Kier alpha value is -3.14.